The van der Waals surface area contributed by atoms with Crippen molar-refractivity contribution in [3.8, 4) is 17.1 Å². The predicted octanol–water partition coefficient (Wildman–Crippen LogP) is 4.00. The van der Waals surface area contributed by atoms with Crippen molar-refractivity contribution < 1.29 is 17.9 Å². The zero-order valence-electron chi connectivity index (χ0n) is 17.5. The van der Waals surface area contributed by atoms with Gasteiger partial charge in [-0.25, -0.2) is 8.42 Å². The molecule has 3 rings (SSSR count). The zero-order chi connectivity index (χ0) is 22.4. The molecule has 0 saturated carbocycles. The molecule has 0 atom stereocenters. The van der Waals surface area contributed by atoms with Gasteiger partial charge in [-0.2, -0.15) is 0 Å². The summed E-state index contributed by atoms with van der Waals surface area (Å²) in [4.78, 5) is 11.6. The first-order valence-corrected chi connectivity index (χ1v) is 11.3. The number of hydrogen-bond donors (Lipinski definition) is 2. The lowest BCUT2D eigenvalue weighted by atomic mass is 10.1. The van der Waals surface area contributed by atoms with Crippen LogP contribution in [0.25, 0.3) is 11.3 Å². The minimum atomic E-state index is -3.82. The van der Waals surface area contributed by atoms with Gasteiger partial charge in [-0.15, -0.1) is 10.2 Å². The molecule has 9 heteroatoms. The molecule has 0 aliphatic carbocycles. The Labute approximate surface area is 181 Å². The number of ether oxygens (including phenoxy) is 1. The highest BCUT2D eigenvalue weighted by Gasteiger charge is 2.16. The molecule has 0 spiro atoms. The molecular weight excluding hydrogens is 416 g/mol. The van der Waals surface area contributed by atoms with Crippen LogP contribution >= 0.6 is 0 Å². The Morgan fingerprint density at radius 1 is 1.00 bits per heavy atom. The summed E-state index contributed by atoms with van der Waals surface area (Å²) in [5, 5.41) is 10.9. The first-order valence-electron chi connectivity index (χ1n) is 9.82. The smallest absolute Gasteiger partial charge is 0.261 e. The van der Waals surface area contributed by atoms with Crippen molar-refractivity contribution in [2.24, 2.45) is 0 Å². The van der Waals surface area contributed by atoms with Gasteiger partial charge in [-0.3, -0.25) is 9.52 Å². The van der Waals surface area contributed by atoms with Crippen LogP contribution < -0.4 is 14.8 Å². The van der Waals surface area contributed by atoms with Crippen LogP contribution in [-0.4, -0.2) is 31.1 Å². The summed E-state index contributed by atoms with van der Waals surface area (Å²) in [5.74, 6) is 0.288. The van der Waals surface area contributed by atoms with Crippen molar-refractivity contribution in [3.63, 3.8) is 0 Å². The number of sulfonamides is 1. The Bertz CT molecular complexity index is 1160. The van der Waals surface area contributed by atoms with Crippen LogP contribution in [-0.2, 0) is 14.8 Å². The molecule has 1 aromatic heterocycles. The van der Waals surface area contributed by atoms with Gasteiger partial charge in [-0.05, 0) is 55.8 Å². The third-order valence-electron chi connectivity index (χ3n) is 4.48. The first-order chi connectivity index (χ1) is 14.8. The summed E-state index contributed by atoms with van der Waals surface area (Å²) in [6.07, 6.45) is 0.343. The SMILES string of the molecule is CCOc1ccc(-c2ccc(C)c(NS(=O)(=O)c3ccc(NC(=O)CC)cc3)c2)nn1. The van der Waals surface area contributed by atoms with Crippen molar-refractivity contribution in [3.05, 3.63) is 60.2 Å². The molecule has 1 amide bonds. The summed E-state index contributed by atoms with van der Waals surface area (Å²) < 4.78 is 33.7. The van der Waals surface area contributed by atoms with Crippen LogP contribution in [0.4, 0.5) is 11.4 Å². The Morgan fingerprint density at radius 3 is 2.35 bits per heavy atom. The number of hydrogen-bond acceptors (Lipinski definition) is 6. The number of carbonyl (C=O) groups excluding carboxylic acids is 1. The topological polar surface area (TPSA) is 110 Å². The molecule has 0 saturated heterocycles. The van der Waals surface area contributed by atoms with Gasteiger partial charge in [0.1, 0.15) is 0 Å². The molecule has 2 aromatic carbocycles. The number of nitrogens with zero attached hydrogens (tertiary/aromatic N) is 2. The standard InChI is InChI=1S/C22H24N4O4S/c1-4-21(27)23-17-8-10-18(11-9-17)31(28,29)26-20-14-16(7-6-15(20)3)19-12-13-22(25-24-19)30-5-2/h6-14,26H,4-5H2,1-3H3,(H,23,27). The van der Waals surface area contributed by atoms with Crippen molar-refractivity contribution in [2.75, 3.05) is 16.6 Å². The molecule has 0 aliphatic rings. The quantitative estimate of drug-likeness (QED) is 0.548. The van der Waals surface area contributed by atoms with E-state index in [1.807, 2.05) is 26.0 Å². The van der Waals surface area contributed by atoms with E-state index in [-0.39, 0.29) is 10.8 Å². The maximum Gasteiger partial charge on any atom is 0.261 e. The van der Waals surface area contributed by atoms with E-state index in [1.165, 1.54) is 12.1 Å². The lowest BCUT2D eigenvalue weighted by Crippen LogP contribution is -2.14. The molecule has 8 nitrogen and oxygen atoms in total. The van der Waals surface area contributed by atoms with E-state index < -0.39 is 10.0 Å². The Balaban J connectivity index is 1.82. The molecule has 1 heterocycles. The molecule has 31 heavy (non-hydrogen) atoms. The maximum absolute atomic E-state index is 12.9. The third kappa shape index (κ3) is 5.58. The van der Waals surface area contributed by atoms with Crippen molar-refractivity contribution >= 4 is 27.3 Å². The molecule has 0 fully saturated rings. The highest BCUT2D eigenvalue weighted by molar-refractivity contribution is 7.92. The second kappa shape index (κ2) is 9.57. The molecule has 2 N–H and O–H groups in total. The monoisotopic (exact) mass is 440 g/mol. The van der Waals surface area contributed by atoms with Crippen LogP contribution in [0.15, 0.2) is 59.5 Å². The van der Waals surface area contributed by atoms with E-state index in [4.69, 9.17) is 4.74 Å². The first kappa shape index (κ1) is 22.2. The number of aromatic nitrogens is 2. The fourth-order valence-electron chi connectivity index (χ4n) is 2.76. The molecule has 0 unspecified atom stereocenters. The molecule has 162 valence electrons. The molecule has 3 aromatic rings. The summed E-state index contributed by atoms with van der Waals surface area (Å²) in [7, 11) is -3.82. The highest BCUT2D eigenvalue weighted by atomic mass is 32.2. The second-order valence-electron chi connectivity index (χ2n) is 6.75. The van der Waals surface area contributed by atoms with Gasteiger partial charge in [0.2, 0.25) is 11.8 Å². The fraction of sp³-hybridized carbons (Fsp3) is 0.227. The molecule has 0 aliphatic heterocycles. The lowest BCUT2D eigenvalue weighted by molar-refractivity contribution is -0.115. The van der Waals surface area contributed by atoms with Crippen LogP contribution in [0.2, 0.25) is 0 Å². The van der Waals surface area contributed by atoms with E-state index in [2.05, 4.69) is 20.2 Å². The zero-order valence-corrected chi connectivity index (χ0v) is 18.4. The third-order valence-corrected chi connectivity index (χ3v) is 5.86. The largest absolute Gasteiger partial charge is 0.477 e. The number of anilines is 2. The van der Waals surface area contributed by atoms with Crippen LogP contribution in [0.3, 0.4) is 0 Å². The average molecular weight is 441 g/mol. The van der Waals surface area contributed by atoms with Gasteiger partial charge in [0.15, 0.2) is 0 Å². The van der Waals surface area contributed by atoms with E-state index >= 15 is 0 Å². The van der Waals surface area contributed by atoms with E-state index in [0.717, 1.165) is 11.1 Å². The van der Waals surface area contributed by atoms with Crippen molar-refractivity contribution in [1.29, 1.82) is 0 Å². The fourth-order valence-corrected chi connectivity index (χ4v) is 3.88. The van der Waals surface area contributed by atoms with Crippen molar-refractivity contribution in [2.45, 2.75) is 32.1 Å². The summed E-state index contributed by atoms with van der Waals surface area (Å²) >= 11 is 0. The van der Waals surface area contributed by atoms with Crippen LogP contribution in [0.5, 0.6) is 5.88 Å². The van der Waals surface area contributed by atoms with E-state index in [1.54, 1.807) is 37.3 Å². The van der Waals surface area contributed by atoms with E-state index in [9.17, 15) is 13.2 Å². The van der Waals surface area contributed by atoms with Gasteiger partial charge < -0.3 is 10.1 Å². The Hall–Kier alpha value is -3.46. The van der Waals surface area contributed by atoms with Gasteiger partial charge in [0, 0.05) is 23.7 Å². The molecular formula is C22H24N4O4S. The summed E-state index contributed by atoms with van der Waals surface area (Å²) in [5.41, 5.74) is 3.06. The number of benzene rings is 2. The Morgan fingerprint density at radius 2 is 1.74 bits per heavy atom. The highest BCUT2D eigenvalue weighted by Crippen LogP contribution is 2.27. The average Bonchev–Trinajstić information content (AvgIpc) is 2.76. The minimum absolute atomic E-state index is 0.0904. The number of rotatable bonds is 8. The minimum Gasteiger partial charge on any atom is -0.477 e. The number of nitrogens with one attached hydrogen (secondary N) is 2. The molecule has 0 bridgehead atoms. The Kier molecular flexibility index (Phi) is 6.86. The van der Waals surface area contributed by atoms with Gasteiger partial charge in [0.25, 0.3) is 10.0 Å². The van der Waals surface area contributed by atoms with Crippen LogP contribution in [0, 0.1) is 6.92 Å². The second-order valence-corrected chi connectivity index (χ2v) is 8.43. The predicted molar refractivity (Wildman–Crippen MR) is 120 cm³/mol. The summed E-state index contributed by atoms with van der Waals surface area (Å²) in [6.45, 7) is 5.92. The van der Waals surface area contributed by atoms with E-state index in [0.29, 0.717) is 36.0 Å². The van der Waals surface area contributed by atoms with Crippen molar-refractivity contribution in [1.82, 2.24) is 10.2 Å². The maximum atomic E-state index is 12.9. The number of carbonyl (C=O) groups is 1. The van der Waals surface area contributed by atoms with Gasteiger partial charge in [-0.1, -0.05) is 19.1 Å². The molecule has 0 radical (unpaired) electrons. The summed E-state index contributed by atoms with van der Waals surface area (Å²) in [6, 6.07) is 14.9. The van der Waals surface area contributed by atoms with Gasteiger partial charge >= 0.3 is 0 Å². The number of aryl methyl sites for hydroxylation is 1. The number of amides is 1. The lowest BCUT2D eigenvalue weighted by Gasteiger charge is -2.13. The van der Waals surface area contributed by atoms with Crippen LogP contribution in [0.1, 0.15) is 25.8 Å². The normalized spacial score (nSPS) is 11.1. The van der Waals surface area contributed by atoms with Gasteiger partial charge in [0.05, 0.1) is 22.9 Å².